The van der Waals surface area contributed by atoms with E-state index in [1.807, 2.05) is 20.8 Å². The first kappa shape index (κ1) is 16.7. The lowest BCUT2D eigenvalue weighted by molar-refractivity contribution is 0.0578. The molecule has 1 N–H and O–H groups in total. The number of ether oxygens (including phenoxy) is 1. The van der Waals surface area contributed by atoms with Gasteiger partial charge >= 0.3 is 0 Å². The number of halogens is 1. The first-order chi connectivity index (χ1) is 9.36. The van der Waals surface area contributed by atoms with Crippen LogP contribution in [0.25, 0.3) is 0 Å². The zero-order valence-corrected chi connectivity index (χ0v) is 13.0. The smallest absolute Gasteiger partial charge is 0.255 e. The fourth-order valence-electron chi connectivity index (χ4n) is 1.76. The van der Waals surface area contributed by atoms with Crippen molar-refractivity contribution in [1.29, 1.82) is 0 Å². The van der Waals surface area contributed by atoms with E-state index in [9.17, 15) is 9.90 Å². The third kappa shape index (κ3) is 4.35. The molecule has 112 valence electrons. The fraction of sp³-hybridized carbons (Fsp3) is 0.571. The summed E-state index contributed by atoms with van der Waals surface area (Å²) in [6.45, 7) is 7.99. The van der Waals surface area contributed by atoms with Crippen LogP contribution in [0.15, 0.2) is 12.3 Å². The number of aliphatic hydroxyl groups is 1. The lowest BCUT2D eigenvalue weighted by Gasteiger charge is -2.28. The maximum Gasteiger partial charge on any atom is 0.255 e. The Labute approximate surface area is 124 Å². The van der Waals surface area contributed by atoms with Gasteiger partial charge in [-0.15, -0.1) is 0 Å². The molecular formula is C14H21ClN2O3. The van der Waals surface area contributed by atoms with Gasteiger partial charge in [0, 0.05) is 18.8 Å². The molecule has 1 unspecified atom stereocenters. The van der Waals surface area contributed by atoms with Gasteiger partial charge in [0.05, 0.1) is 18.3 Å². The van der Waals surface area contributed by atoms with Crippen molar-refractivity contribution in [2.75, 3.05) is 13.2 Å². The summed E-state index contributed by atoms with van der Waals surface area (Å²) in [5, 5.41) is 9.78. The molecule has 0 aliphatic heterocycles. The van der Waals surface area contributed by atoms with Crippen molar-refractivity contribution in [3.05, 3.63) is 22.8 Å². The monoisotopic (exact) mass is 300 g/mol. The van der Waals surface area contributed by atoms with E-state index in [-0.39, 0.29) is 18.5 Å². The van der Waals surface area contributed by atoms with Crippen molar-refractivity contribution in [1.82, 2.24) is 9.88 Å². The molecule has 1 aromatic heterocycles. The molecule has 0 spiro atoms. The summed E-state index contributed by atoms with van der Waals surface area (Å²) in [5.74, 6) is 0.107. The number of nitrogens with zero attached hydrogens (tertiary/aromatic N) is 2. The van der Waals surface area contributed by atoms with Crippen molar-refractivity contribution in [2.45, 2.75) is 39.8 Å². The van der Waals surface area contributed by atoms with Crippen molar-refractivity contribution in [3.8, 4) is 5.88 Å². The van der Waals surface area contributed by atoms with Gasteiger partial charge in [0.2, 0.25) is 5.88 Å². The van der Waals surface area contributed by atoms with Crippen molar-refractivity contribution < 1.29 is 14.6 Å². The second-order valence-corrected chi connectivity index (χ2v) is 5.25. The minimum absolute atomic E-state index is 0.0255. The standard InChI is InChI=1S/C14H21ClN2O3/c1-5-20-13-12(15)6-11(7-16-13)14(19)17(9(2)3)8-10(4)18/h6-7,9-10,18H,5,8H2,1-4H3. The fourth-order valence-corrected chi connectivity index (χ4v) is 1.98. The van der Waals surface area contributed by atoms with Gasteiger partial charge in [0.25, 0.3) is 5.91 Å². The lowest BCUT2D eigenvalue weighted by atomic mass is 10.2. The van der Waals surface area contributed by atoms with E-state index in [1.165, 1.54) is 6.20 Å². The first-order valence-corrected chi connectivity index (χ1v) is 7.02. The molecule has 1 atom stereocenters. The summed E-state index contributed by atoms with van der Waals surface area (Å²) < 4.78 is 5.24. The first-order valence-electron chi connectivity index (χ1n) is 6.64. The van der Waals surface area contributed by atoms with Crippen LogP contribution in [0.5, 0.6) is 5.88 Å². The molecule has 0 saturated carbocycles. The van der Waals surface area contributed by atoms with Crippen LogP contribution in [-0.4, -0.2) is 46.2 Å². The topological polar surface area (TPSA) is 62.7 Å². The number of aromatic nitrogens is 1. The Balaban J connectivity index is 2.97. The summed E-state index contributed by atoms with van der Waals surface area (Å²) in [5.41, 5.74) is 0.382. The van der Waals surface area contributed by atoms with E-state index in [0.717, 1.165) is 0 Å². The highest BCUT2D eigenvalue weighted by Crippen LogP contribution is 2.23. The summed E-state index contributed by atoms with van der Waals surface area (Å²) in [6, 6.07) is 1.52. The van der Waals surface area contributed by atoms with E-state index in [4.69, 9.17) is 16.3 Å². The summed E-state index contributed by atoms with van der Waals surface area (Å²) >= 11 is 6.03. The van der Waals surface area contributed by atoms with Crippen molar-refractivity contribution >= 4 is 17.5 Å². The van der Waals surface area contributed by atoms with Gasteiger partial charge in [-0.1, -0.05) is 11.6 Å². The van der Waals surface area contributed by atoms with Gasteiger partial charge in [0.15, 0.2) is 0 Å². The quantitative estimate of drug-likeness (QED) is 0.876. The van der Waals surface area contributed by atoms with Crippen LogP contribution >= 0.6 is 11.6 Å². The molecule has 0 aromatic carbocycles. The van der Waals surface area contributed by atoms with Crippen LogP contribution in [0, 0.1) is 0 Å². The third-order valence-electron chi connectivity index (χ3n) is 2.68. The Morgan fingerprint density at radius 3 is 2.60 bits per heavy atom. The average molecular weight is 301 g/mol. The minimum Gasteiger partial charge on any atom is -0.477 e. The Hall–Kier alpha value is -1.33. The predicted molar refractivity (Wildman–Crippen MR) is 78.3 cm³/mol. The minimum atomic E-state index is -0.590. The van der Waals surface area contributed by atoms with E-state index >= 15 is 0 Å². The van der Waals surface area contributed by atoms with Crippen molar-refractivity contribution in [3.63, 3.8) is 0 Å². The molecule has 6 heteroatoms. The van der Waals surface area contributed by atoms with Crippen LogP contribution in [0.4, 0.5) is 0 Å². The van der Waals surface area contributed by atoms with Crippen molar-refractivity contribution in [2.24, 2.45) is 0 Å². The number of aliphatic hydroxyl groups excluding tert-OH is 1. The van der Waals surface area contributed by atoms with Crippen LogP contribution in [-0.2, 0) is 0 Å². The number of pyridine rings is 1. The molecular weight excluding hydrogens is 280 g/mol. The maximum atomic E-state index is 12.4. The maximum absolute atomic E-state index is 12.4. The van der Waals surface area contributed by atoms with E-state index < -0.39 is 6.10 Å². The molecule has 1 amide bonds. The SMILES string of the molecule is CCOc1ncc(C(=O)N(CC(C)O)C(C)C)cc1Cl. The number of hydrogen-bond donors (Lipinski definition) is 1. The largest absolute Gasteiger partial charge is 0.477 e. The second kappa shape index (κ2) is 7.45. The molecule has 0 fully saturated rings. The number of hydrogen-bond acceptors (Lipinski definition) is 4. The molecule has 1 rings (SSSR count). The Kier molecular flexibility index (Phi) is 6.23. The van der Waals surface area contributed by atoms with E-state index in [0.29, 0.717) is 23.1 Å². The summed E-state index contributed by atoms with van der Waals surface area (Å²) in [7, 11) is 0. The normalized spacial score (nSPS) is 12.3. The predicted octanol–water partition coefficient (Wildman–Crippen LogP) is 2.37. The van der Waals surface area contributed by atoms with Gasteiger partial charge in [0.1, 0.15) is 5.02 Å². The number of amides is 1. The number of carbonyl (C=O) groups excluding carboxylic acids is 1. The van der Waals surface area contributed by atoms with Gasteiger partial charge < -0.3 is 14.7 Å². The number of carbonyl (C=O) groups is 1. The van der Waals surface area contributed by atoms with Gasteiger partial charge in [-0.2, -0.15) is 0 Å². The molecule has 0 radical (unpaired) electrons. The highest BCUT2D eigenvalue weighted by Gasteiger charge is 2.21. The molecule has 0 aliphatic carbocycles. The average Bonchev–Trinajstić information content (AvgIpc) is 2.37. The van der Waals surface area contributed by atoms with Crippen LogP contribution in [0.3, 0.4) is 0 Å². The zero-order valence-electron chi connectivity index (χ0n) is 12.3. The molecule has 5 nitrogen and oxygen atoms in total. The molecule has 20 heavy (non-hydrogen) atoms. The van der Waals surface area contributed by atoms with Crippen LogP contribution < -0.4 is 4.74 Å². The zero-order chi connectivity index (χ0) is 15.3. The van der Waals surface area contributed by atoms with E-state index in [1.54, 1.807) is 17.9 Å². The highest BCUT2D eigenvalue weighted by atomic mass is 35.5. The lowest BCUT2D eigenvalue weighted by Crippen LogP contribution is -2.41. The van der Waals surface area contributed by atoms with Gasteiger partial charge in [-0.25, -0.2) is 4.98 Å². The summed E-state index contributed by atoms with van der Waals surface area (Å²) in [4.78, 5) is 18.0. The van der Waals surface area contributed by atoms with Gasteiger partial charge in [-0.05, 0) is 33.8 Å². The Morgan fingerprint density at radius 1 is 1.50 bits per heavy atom. The van der Waals surface area contributed by atoms with Crippen LogP contribution in [0.2, 0.25) is 5.02 Å². The molecule has 0 aliphatic rings. The third-order valence-corrected chi connectivity index (χ3v) is 2.95. The molecule has 0 saturated heterocycles. The molecule has 1 aromatic rings. The Morgan fingerprint density at radius 2 is 2.15 bits per heavy atom. The Bertz CT molecular complexity index is 464. The highest BCUT2D eigenvalue weighted by molar-refractivity contribution is 6.32. The molecule has 0 bridgehead atoms. The number of rotatable bonds is 6. The van der Waals surface area contributed by atoms with E-state index in [2.05, 4.69) is 4.98 Å². The van der Waals surface area contributed by atoms with Gasteiger partial charge in [-0.3, -0.25) is 4.79 Å². The molecule has 1 heterocycles. The second-order valence-electron chi connectivity index (χ2n) is 4.84. The van der Waals surface area contributed by atoms with Crippen LogP contribution in [0.1, 0.15) is 38.1 Å². The summed E-state index contributed by atoms with van der Waals surface area (Å²) in [6.07, 6.45) is 0.851.